The number of nitrogens with zero attached hydrogens (tertiary/aromatic N) is 1. The summed E-state index contributed by atoms with van der Waals surface area (Å²) in [4.78, 5) is 26.4. The van der Waals surface area contributed by atoms with E-state index in [9.17, 15) is 9.59 Å². The Morgan fingerprint density at radius 3 is 2.58 bits per heavy atom. The third-order valence-electron chi connectivity index (χ3n) is 4.89. The quantitative estimate of drug-likeness (QED) is 0.843. The number of nitrogens with one attached hydrogen (secondary N) is 1. The topological polar surface area (TPSA) is 49.4 Å². The van der Waals surface area contributed by atoms with E-state index < -0.39 is 0 Å². The highest BCUT2D eigenvalue weighted by atomic mass is 16.2. The Bertz CT molecular complexity index is 617. The number of rotatable bonds is 5. The SMILES string of the molecule is CCC1CCCCN1C(=O)/C=C/c1ccc(C(=O)NC2CC2)cc1. The maximum atomic E-state index is 12.4. The van der Waals surface area contributed by atoms with E-state index in [1.165, 1.54) is 6.42 Å². The largest absolute Gasteiger partial charge is 0.349 e. The Hall–Kier alpha value is -2.10. The van der Waals surface area contributed by atoms with Crippen LogP contribution >= 0.6 is 0 Å². The summed E-state index contributed by atoms with van der Waals surface area (Å²) in [5, 5.41) is 2.98. The van der Waals surface area contributed by atoms with Gasteiger partial charge in [-0.1, -0.05) is 19.1 Å². The number of carbonyl (C=O) groups is 2. The fourth-order valence-corrected chi connectivity index (χ4v) is 3.22. The number of carbonyl (C=O) groups excluding carboxylic acids is 2. The van der Waals surface area contributed by atoms with Crippen molar-refractivity contribution in [2.75, 3.05) is 6.54 Å². The molecule has 4 heteroatoms. The number of piperidine rings is 1. The van der Waals surface area contributed by atoms with Crippen LogP contribution in [-0.4, -0.2) is 35.3 Å². The highest BCUT2D eigenvalue weighted by Crippen LogP contribution is 2.21. The van der Waals surface area contributed by atoms with Gasteiger partial charge in [-0.15, -0.1) is 0 Å². The first-order valence-electron chi connectivity index (χ1n) is 9.07. The Kier molecular flexibility index (Phi) is 5.34. The third kappa shape index (κ3) is 4.25. The van der Waals surface area contributed by atoms with Crippen molar-refractivity contribution < 1.29 is 9.59 Å². The van der Waals surface area contributed by atoms with Crippen molar-refractivity contribution in [2.45, 2.75) is 57.5 Å². The lowest BCUT2D eigenvalue weighted by molar-refractivity contribution is -0.129. The van der Waals surface area contributed by atoms with Crippen molar-refractivity contribution in [2.24, 2.45) is 0 Å². The molecule has 1 N–H and O–H groups in total. The van der Waals surface area contributed by atoms with Gasteiger partial charge >= 0.3 is 0 Å². The maximum Gasteiger partial charge on any atom is 0.251 e. The molecule has 1 aromatic rings. The standard InChI is InChI=1S/C20H26N2O2/c1-2-18-5-3-4-14-22(18)19(23)13-8-15-6-9-16(10-7-15)20(24)21-17-11-12-17/h6-10,13,17-18H,2-5,11-12,14H2,1H3,(H,21,24)/b13-8+. The minimum absolute atomic E-state index is 0.0109. The number of amides is 2. The number of hydrogen-bond acceptors (Lipinski definition) is 2. The van der Waals surface area contributed by atoms with Crippen molar-refractivity contribution >= 4 is 17.9 Å². The van der Waals surface area contributed by atoms with E-state index in [2.05, 4.69) is 12.2 Å². The molecular weight excluding hydrogens is 300 g/mol. The molecule has 1 aromatic carbocycles. The molecule has 1 aliphatic carbocycles. The van der Waals surface area contributed by atoms with Gasteiger partial charge < -0.3 is 10.2 Å². The van der Waals surface area contributed by atoms with Crippen LogP contribution < -0.4 is 5.32 Å². The molecule has 128 valence electrons. The summed E-state index contributed by atoms with van der Waals surface area (Å²) in [6.07, 6.45) is 10.1. The zero-order valence-electron chi connectivity index (χ0n) is 14.3. The van der Waals surface area contributed by atoms with Crippen LogP contribution in [0.5, 0.6) is 0 Å². The summed E-state index contributed by atoms with van der Waals surface area (Å²) in [5.74, 6) is 0.0836. The molecule has 4 nitrogen and oxygen atoms in total. The van der Waals surface area contributed by atoms with Crippen LogP contribution in [0.3, 0.4) is 0 Å². The molecule has 24 heavy (non-hydrogen) atoms. The average molecular weight is 326 g/mol. The number of likely N-dealkylation sites (tertiary alicyclic amines) is 1. The minimum Gasteiger partial charge on any atom is -0.349 e. The average Bonchev–Trinajstić information content (AvgIpc) is 3.44. The summed E-state index contributed by atoms with van der Waals surface area (Å²) in [5.41, 5.74) is 1.61. The van der Waals surface area contributed by atoms with E-state index in [-0.39, 0.29) is 11.8 Å². The summed E-state index contributed by atoms with van der Waals surface area (Å²) >= 11 is 0. The molecule has 1 atom stereocenters. The highest BCUT2D eigenvalue weighted by molar-refractivity contribution is 5.95. The first-order valence-corrected chi connectivity index (χ1v) is 9.07. The molecule has 2 amide bonds. The van der Waals surface area contributed by atoms with Gasteiger partial charge in [0.25, 0.3) is 5.91 Å². The lowest BCUT2D eigenvalue weighted by Crippen LogP contribution is -2.42. The first kappa shape index (κ1) is 16.7. The third-order valence-corrected chi connectivity index (χ3v) is 4.89. The van der Waals surface area contributed by atoms with Crippen LogP contribution in [0.2, 0.25) is 0 Å². The predicted molar refractivity (Wildman–Crippen MR) is 95.6 cm³/mol. The van der Waals surface area contributed by atoms with E-state index >= 15 is 0 Å². The Morgan fingerprint density at radius 1 is 1.17 bits per heavy atom. The van der Waals surface area contributed by atoms with Gasteiger partial charge in [-0.25, -0.2) is 0 Å². The van der Waals surface area contributed by atoms with E-state index in [0.717, 1.165) is 44.2 Å². The van der Waals surface area contributed by atoms with Crippen LogP contribution in [-0.2, 0) is 4.79 Å². The molecule has 1 saturated heterocycles. The summed E-state index contributed by atoms with van der Waals surface area (Å²) in [6.45, 7) is 3.01. The lowest BCUT2D eigenvalue weighted by atomic mass is 10.00. The molecule has 1 unspecified atom stereocenters. The summed E-state index contributed by atoms with van der Waals surface area (Å²) in [7, 11) is 0. The lowest BCUT2D eigenvalue weighted by Gasteiger charge is -2.34. The molecule has 1 aliphatic heterocycles. The van der Waals surface area contributed by atoms with Gasteiger partial charge in [0.2, 0.25) is 5.91 Å². The van der Waals surface area contributed by atoms with Gasteiger partial charge in [0.1, 0.15) is 0 Å². The second kappa shape index (κ2) is 7.65. The zero-order chi connectivity index (χ0) is 16.9. The van der Waals surface area contributed by atoms with Gasteiger partial charge in [-0.3, -0.25) is 9.59 Å². The van der Waals surface area contributed by atoms with E-state index in [4.69, 9.17) is 0 Å². The molecule has 3 rings (SSSR count). The van der Waals surface area contributed by atoms with Crippen molar-refractivity contribution in [3.63, 3.8) is 0 Å². The van der Waals surface area contributed by atoms with E-state index in [1.807, 2.05) is 35.2 Å². The normalized spacial score (nSPS) is 21.0. The van der Waals surface area contributed by atoms with Crippen LogP contribution in [0, 0.1) is 0 Å². The zero-order valence-corrected chi connectivity index (χ0v) is 14.3. The van der Waals surface area contributed by atoms with Crippen molar-refractivity contribution in [3.8, 4) is 0 Å². The maximum absolute atomic E-state index is 12.4. The fraction of sp³-hybridized carbons (Fsp3) is 0.500. The monoisotopic (exact) mass is 326 g/mol. The van der Waals surface area contributed by atoms with E-state index in [1.54, 1.807) is 6.08 Å². The molecular formula is C20H26N2O2. The molecule has 0 spiro atoms. The van der Waals surface area contributed by atoms with Crippen LogP contribution in [0.15, 0.2) is 30.3 Å². The van der Waals surface area contributed by atoms with Crippen LogP contribution in [0.4, 0.5) is 0 Å². The first-order chi connectivity index (χ1) is 11.7. The minimum atomic E-state index is -0.0109. The Morgan fingerprint density at radius 2 is 1.92 bits per heavy atom. The molecule has 1 heterocycles. The van der Waals surface area contributed by atoms with Gasteiger partial charge in [0, 0.05) is 30.3 Å². The van der Waals surface area contributed by atoms with Crippen molar-refractivity contribution in [1.82, 2.24) is 10.2 Å². The van der Waals surface area contributed by atoms with Gasteiger partial charge in [-0.05, 0) is 62.3 Å². The smallest absolute Gasteiger partial charge is 0.251 e. The van der Waals surface area contributed by atoms with Gasteiger partial charge in [-0.2, -0.15) is 0 Å². The highest BCUT2D eigenvalue weighted by Gasteiger charge is 2.24. The van der Waals surface area contributed by atoms with Gasteiger partial charge in [0.15, 0.2) is 0 Å². The molecule has 2 fully saturated rings. The second-order valence-electron chi connectivity index (χ2n) is 6.79. The summed E-state index contributed by atoms with van der Waals surface area (Å²) in [6, 6.07) is 8.16. The van der Waals surface area contributed by atoms with Crippen LogP contribution in [0.25, 0.3) is 6.08 Å². The van der Waals surface area contributed by atoms with Gasteiger partial charge in [0.05, 0.1) is 0 Å². The molecule has 0 radical (unpaired) electrons. The molecule has 0 aromatic heterocycles. The number of benzene rings is 1. The molecule has 0 bridgehead atoms. The van der Waals surface area contributed by atoms with Crippen molar-refractivity contribution in [1.29, 1.82) is 0 Å². The van der Waals surface area contributed by atoms with Crippen LogP contribution in [0.1, 0.15) is 61.4 Å². The van der Waals surface area contributed by atoms with E-state index in [0.29, 0.717) is 17.6 Å². The predicted octanol–water partition coefficient (Wildman–Crippen LogP) is 3.38. The molecule has 2 aliphatic rings. The number of hydrogen-bond donors (Lipinski definition) is 1. The van der Waals surface area contributed by atoms with Crippen molar-refractivity contribution in [3.05, 3.63) is 41.5 Å². The second-order valence-corrected chi connectivity index (χ2v) is 6.79. The molecule has 1 saturated carbocycles. The Labute approximate surface area is 143 Å². The summed E-state index contributed by atoms with van der Waals surface area (Å²) < 4.78 is 0. The Balaban J connectivity index is 1.59. The fourth-order valence-electron chi connectivity index (χ4n) is 3.22.